The Labute approximate surface area is 101 Å². The molecule has 0 aliphatic carbocycles. The predicted octanol–water partition coefficient (Wildman–Crippen LogP) is 2.11. The summed E-state index contributed by atoms with van der Waals surface area (Å²) >= 11 is 0. The average molecular weight is 231 g/mol. The maximum absolute atomic E-state index is 5.21. The van der Waals surface area contributed by atoms with Gasteiger partial charge in [0.05, 0.1) is 12.8 Å². The first kappa shape index (κ1) is 11.7. The lowest BCUT2D eigenvalue weighted by molar-refractivity contribution is 0.415. The number of imidazole rings is 1. The summed E-state index contributed by atoms with van der Waals surface area (Å²) in [5.74, 6) is 1.72. The molecule has 2 rings (SSSR count). The Hall–Kier alpha value is -1.81. The number of methoxy groups -OCH3 is 1. The summed E-state index contributed by atoms with van der Waals surface area (Å²) in [6.45, 7) is 2.80. The van der Waals surface area contributed by atoms with Crippen LogP contribution in [0.2, 0.25) is 0 Å². The highest BCUT2D eigenvalue weighted by Gasteiger charge is 2.08. The molecule has 17 heavy (non-hydrogen) atoms. The predicted molar refractivity (Wildman–Crippen MR) is 68.1 cm³/mol. The smallest absolute Gasteiger partial charge is 0.138 e. The molecule has 90 valence electrons. The Morgan fingerprint density at radius 2 is 2.24 bits per heavy atom. The number of hydrogen-bond acceptors (Lipinski definition) is 3. The molecule has 0 fully saturated rings. The minimum Gasteiger partial charge on any atom is -0.497 e. The fourth-order valence-electron chi connectivity index (χ4n) is 1.74. The van der Waals surface area contributed by atoms with Crippen LogP contribution >= 0.6 is 0 Å². The summed E-state index contributed by atoms with van der Waals surface area (Å²) in [7, 11) is 3.58. The van der Waals surface area contributed by atoms with E-state index in [2.05, 4.69) is 15.3 Å². The van der Waals surface area contributed by atoms with Crippen LogP contribution in [0, 0.1) is 6.92 Å². The highest BCUT2D eigenvalue weighted by Crippen LogP contribution is 2.22. The topological polar surface area (TPSA) is 49.9 Å². The number of aromatic nitrogens is 2. The number of nitrogens with zero attached hydrogens (tertiary/aromatic N) is 1. The van der Waals surface area contributed by atoms with E-state index in [4.69, 9.17) is 4.74 Å². The van der Waals surface area contributed by atoms with Crippen LogP contribution in [0.3, 0.4) is 0 Å². The normalized spacial score (nSPS) is 10.5. The number of ether oxygens (including phenoxy) is 1. The van der Waals surface area contributed by atoms with Crippen LogP contribution in [0.5, 0.6) is 5.75 Å². The Kier molecular flexibility index (Phi) is 3.44. The molecule has 1 heterocycles. The minimum atomic E-state index is 0.770. The van der Waals surface area contributed by atoms with Gasteiger partial charge in [0.15, 0.2) is 0 Å². The van der Waals surface area contributed by atoms with Crippen molar-refractivity contribution in [3.05, 3.63) is 35.7 Å². The van der Waals surface area contributed by atoms with Crippen LogP contribution in [0.25, 0.3) is 11.4 Å². The molecule has 0 saturated carbocycles. The van der Waals surface area contributed by atoms with Crippen molar-refractivity contribution in [2.24, 2.45) is 0 Å². The fourth-order valence-corrected chi connectivity index (χ4v) is 1.74. The van der Waals surface area contributed by atoms with Gasteiger partial charge < -0.3 is 15.0 Å². The average Bonchev–Trinajstić information content (AvgIpc) is 2.72. The van der Waals surface area contributed by atoms with E-state index in [1.54, 1.807) is 7.11 Å². The summed E-state index contributed by atoms with van der Waals surface area (Å²) < 4.78 is 5.21. The molecule has 2 aromatic rings. The van der Waals surface area contributed by atoms with Crippen LogP contribution in [0.4, 0.5) is 0 Å². The first-order valence-electron chi connectivity index (χ1n) is 5.59. The Balaban J connectivity index is 2.35. The summed E-state index contributed by atoms with van der Waals surface area (Å²) in [4.78, 5) is 7.86. The van der Waals surface area contributed by atoms with Gasteiger partial charge in [-0.05, 0) is 26.1 Å². The van der Waals surface area contributed by atoms with E-state index in [0.29, 0.717) is 0 Å². The Morgan fingerprint density at radius 1 is 1.41 bits per heavy atom. The zero-order valence-corrected chi connectivity index (χ0v) is 10.4. The minimum absolute atomic E-state index is 0.770. The highest BCUT2D eigenvalue weighted by molar-refractivity contribution is 5.58. The van der Waals surface area contributed by atoms with E-state index in [9.17, 15) is 0 Å². The van der Waals surface area contributed by atoms with Crippen molar-refractivity contribution in [2.75, 3.05) is 14.2 Å². The molecule has 0 radical (unpaired) electrons. The number of aromatic amines is 1. The molecule has 0 bridgehead atoms. The molecule has 0 spiro atoms. The molecule has 0 unspecified atom stereocenters. The monoisotopic (exact) mass is 231 g/mol. The van der Waals surface area contributed by atoms with E-state index in [-0.39, 0.29) is 0 Å². The van der Waals surface area contributed by atoms with Crippen molar-refractivity contribution < 1.29 is 4.74 Å². The van der Waals surface area contributed by atoms with Gasteiger partial charge in [-0.15, -0.1) is 0 Å². The molecule has 1 aromatic carbocycles. The maximum atomic E-state index is 5.21. The van der Waals surface area contributed by atoms with Gasteiger partial charge in [-0.25, -0.2) is 4.98 Å². The van der Waals surface area contributed by atoms with Crippen LogP contribution in [0.1, 0.15) is 11.4 Å². The van der Waals surface area contributed by atoms with Gasteiger partial charge in [0, 0.05) is 17.8 Å². The number of benzene rings is 1. The molecular formula is C13H17N3O. The third-order valence-corrected chi connectivity index (χ3v) is 2.67. The SMILES string of the molecule is CNCc1nc(-c2cccc(OC)c2)[nH]c1C. The van der Waals surface area contributed by atoms with E-state index < -0.39 is 0 Å². The second-order valence-corrected chi connectivity index (χ2v) is 3.92. The number of hydrogen-bond donors (Lipinski definition) is 2. The molecule has 0 aliphatic rings. The summed E-state index contributed by atoms with van der Waals surface area (Å²) in [5, 5.41) is 3.10. The zero-order chi connectivity index (χ0) is 12.3. The molecule has 0 amide bonds. The Morgan fingerprint density at radius 3 is 2.94 bits per heavy atom. The van der Waals surface area contributed by atoms with Crippen molar-refractivity contribution in [3.63, 3.8) is 0 Å². The number of aryl methyl sites for hydroxylation is 1. The molecule has 4 heteroatoms. The highest BCUT2D eigenvalue weighted by atomic mass is 16.5. The third kappa shape index (κ3) is 2.47. The molecule has 2 N–H and O–H groups in total. The molecular weight excluding hydrogens is 214 g/mol. The van der Waals surface area contributed by atoms with Gasteiger partial charge in [-0.1, -0.05) is 12.1 Å². The van der Waals surface area contributed by atoms with Crippen LogP contribution in [0.15, 0.2) is 24.3 Å². The van der Waals surface area contributed by atoms with Crippen molar-refractivity contribution in [1.82, 2.24) is 15.3 Å². The molecule has 0 saturated heterocycles. The van der Waals surface area contributed by atoms with Gasteiger partial charge in [0.1, 0.15) is 11.6 Å². The lowest BCUT2D eigenvalue weighted by Gasteiger charge is -2.01. The van der Waals surface area contributed by atoms with Gasteiger partial charge in [0.25, 0.3) is 0 Å². The van der Waals surface area contributed by atoms with Gasteiger partial charge in [-0.2, -0.15) is 0 Å². The standard InChI is InChI=1S/C13H17N3O/c1-9-12(8-14-2)16-13(15-9)10-5-4-6-11(7-10)17-3/h4-7,14H,8H2,1-3H3,(H,15,16). The van der Waals surface area contributed by atoms with Crippen molar-refractivity contribution >= 4 is 0 Å². The molecule has 4 nitrogen and oxygen atoms in total. The zero-order valence-electron chi connectivity index (χ0n) is 10.4. The summed E-state index contributed by atoms with van der Waals surface area (Å²) in [5.41, 5.74) is 3.18. The van der Waals surface area contributed by atoms with Crippen LogP contribution in [-0.4, -0.2) is 24.1 Å². The van der Waals surface area contributed by atoms with E-state index in [1.165, 1.54) is 0 Å². The second-order valence-electron chi connectivity index (χ2n) is 3.92. The van der Waals surface area contributed by atoms with Crippen LogP contribution in [-0.2, 0) is 6.54 Å². The fraction of sp³-hybridized carbons (Fsp3) is 0.308. The van der Waals surface area contributed by atoms with Crippen molar-refractivity contribution in [2.45, 2.75) is 13.5 Å². The molecule has 0 atom stereocenters. The lowest BCUT2D eigenvalue weighted by Crippen LogP contribution is -2.06. The number of rotatable bonds is 4. The van der Waals surface area contributed by atoms with Crippen molar-refractivity contribution in [3.8, 4) is 17.1 Å². The van der Waals surface area contributed by atoms with Crippen molar-refractivity contribution in [1.29, 1.82) is 0 Å². The van der Waals surface area contributed by atoms with E-state index in [1.807, 2.05) is 38.2 Å². The lowest BCUT2D eigenvalue weighted by atomic mass is 10.2. The largest absolute Gasteiger partial charge is 0.497 e. The quantitative estimate of drug-likeness (QED) is 0.847. The van der Waals surface area contributed by atoms with Crippen LogP contribution < -0.4 is 10.1 Å². The molecule has 1 aromatic heterocycles. The van der Waals surface area contributed by atoms with E-state index in [0.717, 1.165) is 35.1 Å². The third-order valence-electron chi connectivity index (χ3n) is 2.67. The molecule has 0 aliphatic heterocycles. The summed E-state index contributed by atoms with van der Waals surface area (Å²) in [6, 6.07) is 7.88. The summed E-state index contributed by atoms with van der Waals surface area (Å²) in [6.07, 6.45) is 0. The van der Waals surface area contributed by atoms with Gasteiger partial charge >= 0.3 is 0 Å². The van der Waals surface area contributed by atoms with Gasteiger partial charge in [-0.3, -0.25) is 0 Å². The van der Waals surface area contributed by atoms with Gasteiger partial charge in [0.2, 0.25) is 0 Å². The van der Waals surface area contributed by atoms with E-state index >= 15 is 0 Å². The Bertz CT molecular complexity index is 505. The first-order chi connectivity index (χ1) is 8.24. The second kappa shape index (κ2) is 5.01. The number of nitrogens with one attached hydrogen (secondary N) is 2. The maximum Gasteiger partial charge on any atom is 0.138 e. The number of H-pyrrole nitrogens is 1. The first-order valence-corrected chi connectivity index (χ1v) is 5.59.